The van der Waals surface area contributed by atoms with Crippen LogP contribution >= 0.6 is 11.6 Å². The number of halogens is 1. The second kappa shape index (κ2) is 12.4. The number of aromatic nitrogens is 4. The lowest BCUT2D eigenvalue weighted by molar-refractivity contribution is 0.135. The zero-order chi connectivity index (χ0) is 29.1. The molecule has 13 heteroatoms. The molecule has 0 bridgehead atoms. The molecule has 3 heterocycles. The van der Waals surface area contributed by atoms with Gasteiger partial charge in [0.25, 0.3) is 0 Å². The number of sulfonamides is 1. The van der Waals surface area contributed by atoms with Gasteiger partial charge in [-0.25, -0.2) is 18.4 Å². The Morgan fingerprint density at radius 3 is 2.63 bits per heavy atom. The van der Waals surface area contributed by atoms with E-state index >= 15 is 0 Å². The Kier molecular flexibility index (Phi) is 8.93. The van der Waals surface area contributed by atoms with Crippen LogP contribution < -0.4 is 14.9 Å². The van der Waals surface area contributed by atoms with Crippen LogP contribution in [0.15, 0.2) is 36.8 Å². The largest absolute Gasteiger partial charge is 0.392 e. The van der Waals surface area contributed by atoms with Crippen molar-refractivity contribution in [1.82, 2.24) is 24.8 Å². The predicted octanol–water partition coefficient (Wildman–Crippen LogP) is 3.62. The molecule has 2 aliphatic rings. The number of aryl methyl sites for hydroxylation is 2. The van der Waals surface area contributed by atoms with E-state index in [4.69, 9.17) is 11.6 Å². The van der Waals surface area contributed by atoms with Gasteiger partial charge in [0.05, 0.1) is 25.1 Å². The molecule has 1 aliphatic heterocycles. The maximum Gasteiger partial charge on any atom is 0.233 e. The Balaban J connectivity index is 1.25. The maximum absolute atomic E-state index is 12.0. The monoisotopic (exact) mass is 600 g/mol. The van der Waals surface area contributed by atoms with Gasteiger partial charge in [-0.1, -0.05) is 17.7 Å². The third-order valence-electron chi connectivity index (χ3n) is 8.20. The van der Waals surface area contributed by atoms with E-state index in [1.54, 1.807) is 0 Å². The Hall–Kier alpha value is -3.06. The molecule has 2 aromatic heterocycles. The number of nitrogens with zero attached hydrogens (tertiary/aromatic N) is 6. The fourth-order valence-corrected chi connectivity index (χ4v) is 6.30. The lowest BCUT2D eigenvalue weighted by Crippen LogP contribution is -2.37. The van der Waals surface area contributed by atoms with Crippen molar-refractivity contribution in [3.63, 3.8) is 0 Å². The van der Waals surface area contributed by atoms with E-state index in [9.17, 15) is 13.5 Å². The number of anilines is 4. The van der Waals surface area contributed by atoms with Crippen LogP contribution in [-0.2, 0) is 29.4 Å². The van der Waals surface area contributed by atoms with E-state index in [0.29, 0.717) is 34.4 Å². The molecule has 1 saturated heterocycles. The topological polar surface area (TPSA) is 136 Å². The first kappa shape index (κ1) is 29.4. The molecule has 2 unspecified atom stereocenters. The van der Waals surface area contributed by atoms with E-state index in [1.807, 2.05) is 0 Å². The Morgan fingerprint density at radius 1 is 1.15 bits per heavy atom. The molecule has 0 spiro atoms. The molecular weight excluding hydrogens is 564 g/mol. The number of aliphatic hydroxyl groups excluding tert-OH is 1. The summed E-state index contributed by atoms with van der Waals surface area (Å²) in [6.45, 7) is 4.24. The van der Waals surface area contributed by atoms with Crippen molar-refractivity contribution >= 4 is 44.9 Å². The number of β-amino-alcohol motifs (C(OH)–C–C–N with tert-alkyl or cyclic N) is 1. The molecule has 1 fully saturated rings. The standard InChI is InChI=1S/C28H37ClN8O3S/c1-18(37-13-10-23(38)17-37)19-4-6-20-8-9-22(14-21(20)7-5-19)34-28-33-15-24(29)26(35-28)32-16-25-27(31-12-11-30-25)36(2)41(3,39)40/h8-9,11-12,14-15,18-19,23,38H,4-7,10,13,16-17H2,1-3H3,(H2,32,33,34,35)/t18?,19?,23-/m1/s1. The molecule has 0 saturated carbocycles. The third-order valence-corrected chi connectivity index (χ3v) is 9.64. The van der Waals surface area contributed by atoms with Gasteiger partial charge in [0.1, 0.15) is 10.7 Å². The van der Waals surface area contributed by atoms with Crippen LogP contribution in [0, 0.1) is 5.92 Å². The van der Waals surface area contributed by atoms with Crippen molar-refractivity contribution in [2.45, 2.75) is 57.7 Å². The van der Waals surface area contributed by atoms with Crippen LogP contribution in [0.2, 0.25) is 5.02 Å². The van der Waals surface area contributed by atoms with Gasteiger partial charge in [-0.15, -0.1) is 0 Å². The van der Waals surface area contributed by atoms with Crippen molar-refractivity contribution in [3.05, 3.63) is 58.6 Å². The van der Waals surface area contributed by atoms with E-state index in [0.717, 1.165) is 61.4 Å². The number of fused-ring (bicyclic) bond motifs is 1. The molecule has 0 amide bonds. The van der Waals surface area contributed by atoms with Crippen LogP contribution in [0.3, 0.4) is 0 Å². The highest BCUT2D eigenvalue weighted by atomic mass is 35.5. The van der Waals surface area contributed by atoms with Gasteiger partial charge in [-0.2, -0.15) is 4.98 Å². The molecule has 1 aromatic carbocycles. The highest BCUT2D eigenvalue weighted by molar-refractivity contribution is 7.92. The highest BCUT2D eigenvalue weighted by Gasteiger charge is 2.30. The zero-order valence-electron chi connectivity index (χ0n) is 23.6. The summed E-state index contributed by atoms with van der Waals surface area (Å²) >= 11 is 6.37. The van der Waals surface area contributed by atoms with Gasteiger partial charge in [-0.3, -0.25) is 14.2 Å². The molecule has 3 atom stereocenters. The Morgan fingerprint density at radius 2 is 1.90 bits per heavy atom. The average molecular weight is 601 g/mol. The number of likely N-dealkylation sites (tertiary alicyclic amines) is 1. The number of aliphatic hydroxyl groups is 1. The number of benzene rings is 1. The minimum absolute atomic E-state index is 0.161. The summed E-state index contributed by atoms with van der Waals surface area (Å²) in [5.41, 5.74) is 4.05. The molecule has 41 heavy (non-hydrogen) atoms. The summed E-state index contributed by atoms with van der Waals surface area (Å²) in [7, 11) is -2.07. The highest BCUT2D eigenvalue weighted by Crippen LogP contribution is 2.32. The van der Waals surface area contributed by atoms with Gasteiger partial charge in [0.2, 0.25) is 16.0 Å². The van der Waals surface area contributed by atoms with Crippen molar-refractivity contribution in [3.8, 4) is 0 Å². The predicted molar refractivity (Wildman–Crippen MR) is 161 cm³/mol. The summed E-state index contributed by atoms with van der Waals surface area (Å²) in [6.07, 6.45) is 10.6. The molecular formula is C28H37ClN8O3S. The third kappa shape index (κ3) is 7.06. The van der Waals surface area contributed by atoms with Crippen LogP contribution in [0.4, 0.5) is 23.3 Å². The van der Waals surface area contributed by atoms with E-state index in [2.05, 4.69) is 60.6 Å². The minimum atomic E-state index is -3.50. The SMILES string of the molecule is CC(C1CCc2ccc(Nc3ncc(Cl)c(NCc4nccnc4N(C)S(C)(=O)=O)n3)cc2CC1)N1CC[C@@H](O)C1. The first-order chi connectivity index (χ1) is 19.6. The van der Waals surface area contributed by atoms with Gasteiger partial charge in [0, 0.05) is 44.3 Å². The molecule has 3 N–H and O–H groups in total. The summed E-state index contributed by atoms with van der Waals surface area (Å²) in [5.74, 6) is 1.61. The van der Waals surface area contributed by atoms with Crippen LogP contribution in [0.5, 0.6) is 0 Å². The molecule has 1 aliphatic carbocycles. The second-order valence-electron chi connectivity index (χ2n) is 10.9. The smallest absolute Gasteiger partial charge is 0.233 e. The van der Waals surface area contributed by atoms with Crippen molar-refractivity contribution in [2.75, 3.05) is 41.3 Å². The molecule has 220 valence electrons. The number of rotatable bonds is 9. The van der Waals surface area contributed by atoms with Crippen molar-refractivity contribution in [1.29, 1.82) is 0 Å². The summed E-state index contributed by atoms with van der Waals surface area (Å²) in [4.78, 5) is 19.8. The van der Waals surface area contributed by atoms with E-state index in [-0.39, 0.29) is 18.5 Å². The van der Waals surface area contributed by atoms with Gasteiger partial charge >= 0.3 is 0 Å². The van der Waals surface area contributed by atoms with Crippen LogP contribution in [0.25, 0.3) is 0 Å². The van der Waals surface area contributed by atoms with Gasteiger partial charge in [-0.05, 0) is 68.2 Å². The van der Waals surface area contributed by atoms with Gasteiger partial charge in [0.15, 0.2) is 11.6 Å². The van der Waals surface area contributed by atoms with E-state index < -0.39 is 10.0 Å². The lowest BCUT2D eigenvalue weighted by atomic mass is 9.91. The maximum atomic E-state index is 12.0. The van der Waals surface area contributed by atoms with Crippen LogP contribution in [-0.4, -0.2) is 76.9 Å². The van der Waals surface area contributed by atoms with Crippen molar-refractivity contribution < 1.29 is 13.5 Å². The van der Waals surface area contributed by atoms with E-state index in [1.165, 1.54) is 36.8 Å². The van der Waals surface area contributed by atoms with Crippen molar-refractivity contribution in [2.24, 2.45) is 5.92 Å². The number of hydrogen-bond donors (Lipinski definition) is 3. The normalized spacial score (nSPS) is 20.2. The molecule has 0 radical (unpaired) electrons. The second-order valence-corrected chi connectivity index (χ2v) is 13.3. The first-order valence-electron chi connectivity index (χ1n) is 13.9. The first-order valence-corrected chi connectivity index (χ1v) is 16.1. The van der Waals surface area contributed by atoms with Crippen LogP contribution in [0.1, 0.15) is 43.0 Å². The molecule has 5 rings (SSSR count). The summed E-state index contributed by atoms with van der Waals surface area (Å²) in [6, 6.07) is 6.89. The lowest BCUT2D eigenvalue weighted by Gasteiger charge is -2.31. The molecule has 11 nitrogen and oxygen atoms in total. The molecule has 3 aromatic rings. The number of nitrogens with one attached hydrogen (secondary N) is 2. The number of hydrogen-bond acceptors (Lipinski definition) is 10. The minimum Gasteiger partial charge on any atom is -0.392 e. The fourth-order valence-electron chi connectivity index (χ4n) is 5.68. The van der Waals surface area contributed by atoms with Gasteiger partial charge < -0.3 is 15.7 Å². The Bertz CT molecular complexity index is 1490. The average Bonchev–Trinajstić information content (AvgIpc) is 3.27. The summed E-state index contributed by atoms with van der Waals surface area (Å²) < 4.78 is 25.1. The summed E-state index contributed by atoms with van der Waals surface area (Å²) in [5, 5.41) is 16.7. The Labute approximate surface area is 246 Å². The quantitative estimate of drug-likeness (QED) is 0.312. The zero-order valence-corrected chi connectivity index (χ0v) is 25.2. The fraction of sp³-hybridized carbons (Fsp3) is 0.500.